The highest BCUT2D eigenvalue weighted by molar-refractivity contribution is 7.07. The Morgan fingerprint density at radius 2 is 2.21 bits per heavy atom. The van der Waals surface area contributed by atoms with Gasteiger partial charge in [0.25, 0.3) is 0 Å². The summed E-state index contributed by atoms with van der Waals surface area (Å²) < 4.78 is 0. The van der Waals surface area contributed by atoms with Crippen molar-refractivity contribution in [2.75, 3.05) is 17.4 Å². The molecule has 7 heteroatoms. The molecule has 0 amide bonds. The van der Waals surface area contributed by atoms with E-state index in [9.17, 15) is 0 Å². The largest absolute Gasteiger partial charge is 0.353 e. The topological polar surface area (TPSA) is 80.0 Å². The lowest BCUT2D eigenvalue weighted by atomic mass is 10.1. The maximum Gasteiger partial charge on any atom is 0.148 e. The normalized spacial score (nSPS) is 10.5. The highest BCUT2D eigenvalue weighted by atomic mass is 32.1. The van der Waals surface area contributed by atoms with Gasteiger partial charge < -0.3 is 10.3 Å². The van der Waals surface area contributed by atoms with Crippen LogP contribution in [0.3, 0.4) is 0 Å². The number of nitrogens with zero attached hydrogens (tertiary/aromatic N) is 4. The second-order valence-electron chi connectivity index (χ2n) is 4.25. The Morgan fingerprint density at radius 1 is 1.37 bits per heavy atom. The molecule has 2 heterocycles. The van der Waals surface area contributed by atoms with Gasteiger partial charge in [0.1, 0.15) is 18.0 Å². The number of hydrogen-bond acceptors (Lipinski definition) is 7. The number of aromatic nitrogens is 3. The van der Waals surface area contributed by atoms with Gasteiger partial charge in [-0.3, -0.25) is 0 Å². The minimum atomic E-state index is 0.692. The van der Waals surface area contributed by atoms with E-state index in [0.29, 0.717) is 5.82 Å². The van der Waals surface area contributed by atoms with Crippen molar-refractivity contribution in [2.45, 2.75) is 26.3 Å². The summed E-state index contributed by atoms with van der Waals surface area (Å²) in [5, 5.41) is 2.04. The summed E-state index contributed by atoms with van der Waals surface area (Å²) in [4.78, 5) is 14.9. The summed E-state index contributed by atoms with van der Waals surface area (Å²) in [6.07, 6.45) is 3.43. The van der Waals surface area contributed by atoms with Crippen molar-refractivity contribution in [2.24, 2.45) is 5.84 Å². The third-order valence-electron chi connectivity index (χ3n) is 2.80. The molecule has 0 radical (unpaired) electrons. The van der Waals surface area contributed by atoms with E-state index >= 15 is 0 Å². The molecule has 0 bridgehead atoms. The lowest BCUT2D eigenvalue weighted by molar-refractivity contribution is 0.831. The second kappa shape index (κ2) is 6.44. The number of anilines is 2. The predicted octanol–water partition coefficient (Wildman–Crippen LogP) is 1.81. The van der Waals surface area contributed by atoms with Gasteiger partial charge in [-0.25, -0.2) is 20.8 Å². The predicted molar refractivity (Wildman–Crippen MR) is 78.1 cm³/mol. The van der Waals surface area contributed by atoms with Crippen LogP contribution < -0.4 is 16.2 Å². The van der Waals surface area contributed by atoms with Crippen LogP contribution in [0.1, 0.15) is 24.6 Å². The van der Waals surface area contributed by atoms with Crippen molar-refractivity contribution in [3.05, 3.63) is 28.5 Å². The average molecular weight is 278 g/mol. The number of nitrogens with one attached hydrogen (secondary N) is 1. The third kappa shape index (κ3) is 3.18. The fourth-order valence-electron chi connectivity index (χ4n) is 1.97. The molecule has 0 atom stereocenters. The van der Waals surface area contributed by atoms with E-state index < -0.39 is 0 Å². The Bertz CT molecular complexity index is 513. The molecule has 0 fully saturated rings. The summed E-state index contributed by atoms with van der Waals surface area (Å²) in [7, 11) is 2.00. The van der Waals surface area contributed by atoms with Gasteiger partial charge in [-0.2, -0.15) is 0 Å². The molecule has 2 aromatic heterocycles. The van der Waals surface area contributed by atoms with Crippen molar-refractivity contribution in [1.82, 2.24) is 15.0 Å². The summed E-state index contributed by atoms with van der Waals surface area (Å²) in [5.41, 5.74) is 6.56. The van der Waals surface area contributed by atoms with Gasteiger partial charge in [0, 0.05) is 18.0 Å². The van der Waals surface area contributed by atoms with E-state index in [1.165, 1.54) is 6.33 Å². The SMILES string of the molecule is CCCc1c(NN)ncnc1N(C)Cc1cscn1. The first-order chi connectivity index (χ1) is 9.26. The van der Waals surface area contributed by atoms with Gasteiger partial charge in [-0.05, 0) is 6.42 Å². The van der Waals surface area contributed by atoms with Crippen molar-refractivity contribution < 1.29 is 0 Å². The fourth-order valence-corrected chi connectivity index (χ4v) is 2.52. The quantitative estimate of drug-likeness (QED) is 0.619. The van der Waals surface area contributed by atoms with E-state index in [2.05, 4.69) is 32.2 Å². The summed E-state index contributed by atoms with van der Waals surface area (Å²) in [6, 6.07) is 0. The number of rotatable bonds is 6. The molecular weight excluding hydrogens is 260 g/mol. The van der Waals surface area contributed by atoms with E-state index in [1.54, 1.807) is 11.3 Å². The van der Waals surface area contributed by atoms with Crippen LogP contribution in [0.25, 0.3) is 0 Å². The zero-order valence-corrected chi connectivity index (χ0v) is 11.9. The Hall–Kier alpha value is -1.73. The van der Waals surface area contributed by atoms with E-state index in [0.717, 1.165) is 36.5 Å². The minimum Gasteiger partial charge on any atom is -0.353 e. The van der Waals surface area contributed by atoms with E-state index in [4.69, 9.17) is 5.84 Å². The summed E-state index contributed by atoms with van der Waals surface area (Å²) >= 11 is 1.60. The Kier molecular flexibility index (Phi) is 4.64. The molecule has 0 saturated heterocycles. The van der Waals surface area contributed by atoms with E-state index in [-0.39, 0.29) is 0 Å². The zero-order chi connectivity index (χ0) is 13.7. The van der Waals surface area contributed by atoms with Gasteiger partial charge in [-0.15, -0.1) is 11.3 Å². The van der Waals surface area contributed by atoms with Crippen LogP contribution in [-0.4, -0.2) is 22.0 Å². The van der Waals surface area contributed by atoms with Crippen LogP contribution in [0, 0.1) is 0 Å². The van der Waals surface area contributed by atoms with Gasteiger partial charge in [0.05, 0.1) is 17.7 Å². The van der Waals surface area contributed by atoms with Crippen LogP contribution in [0.4, 0.5) is 11.6 Å². The lowest BCUT2D eigenvalue weighted by Gasteiger charge is -2.21. The molecule has 102 valence electrons. The maximum absolute atomic E-state index is 5.52. The molecule has 0 spiro atoms. The molecular formula is C12H18N6S. The van der Waals surface area contributed by atoms with Gasteiger partial charge in [0.15, 0.2) is 0 Å². The average Bonchev–Trinajstić information content (AvgIpc) is 2.92. The fraction of sp³-hybridized carbons (Fsp3) is 0.417. The molecule has 0 aliphatic carbocycles. The number of hydrazine groups is 1. The minimum absolute atomic E-state index is 0.692. The van der Waals surface area contributed by atoms with Crippen LogP contribution in [0.15, 0.2) is 17.2 Å². The van der Waals surface area contributed by atoms with Crippen LogP contribution in [-0.2, 0) is 13.0 Å². The first-order valence-corrected chi connectivity index (χ1v) is 7.09. The van der Waals surface area contributed by atoms with Crippen LogP contribution in [0.2, 0.25) is 0 Å². The van der Waals surface area contributed by atoms with Crippen molar-refractivity contribution >= 4 is 23.0 Å². The molecule has 0 unspecified atom stereocenters. The van der Waals surface area contributed by atoms with Crippen molar-refractivity contribution in [1.29, 1.82) is 0 Å². The number of thiazole rings is 1. The summed E-state index contributed by atoms with van der Waals surface area (Å²) in [5.74, 6) is 7.11. The second-order valence-corrected chi connectivity index (χ2v) is 4.97. The maximum atomic E-state index is 5.52. The van der Waals surface area contributed by atoms with Crippen molar-refractivity contribution in [3.8, 4) is 0 Å². The Morgan fingerprint density at radius 3 is 2.84 bits per heavy atom. The lowest BCUT2D eigenvalue weighted by Crippen LogP contribution is -2.22. The molecule has 0 aliphatic heterocycles. The first kappa shape index (κ1) is 13.7. The molecule has 2 aromatic rings. The third-order valence-corrected chi connectivity index (χ3v) is 3.44. The Balaban J connectivity index is 2.27. The Labute approximate surface area is 116 Å². The van der Waals surface area contributed by atoms with E-state index in [1.807, 2.05) is 17.9 Å². The van der Waals surface area contributed by atoms with Crippen LogP contribution in [0.5, 0.6) is 0 Å². The van der Waals surface area contributed by atoms with Crippen molar-refractivity contribution in [3.63, 3.8) is 0 Å². The number of nitrogen functional groups attached to an aromatic ring is 1. The monoisotopic (exact) mass is 278 g/mol. The van der Waals surface area contributed by atoms with Gasteiger partial charge >= 0.3 is 0 Å². The molecule has 0 aromatic carbocycles. The summed E-state index contributed by atoms with van der Waals surface area (Å²) in [6.45, 7) is 2.85. The molecule has 19 heavy (non-hydrogen) atoms. The highest BCUT2D eigenvalue weighted by Gasteiger charge is 2.14. The number of hydrogen-bond donors (Lipinski definition) is 2. The first-order valence-electron chi connectivity index (χ1n) is 6.15. The highest BCUT2D eigenvalue weighted by Crippen LogP contribution is 2.24. The van der Waals surface area contributed by atoms with Gasteiger partial charge in [0.2, 0.25) is 0 Å². The van der Waals surface area contributed by atoms with Gasteiger partial charge in [-0.1, -0.05) is 13.3 Å². The molecule has 3 N–H and O–H groups in total. The smallest absolute Gasteiger partial charge is 0.148 e. The molecule has 6 nitrogen and oxygen atoms in total. The molecule has 0 saturated carbocycles. The van der Waals surface area contributed by atoms with Crippen LogP contribution >= 0.6 is 11.3 Å². The standard InChI is InChI=1S/C12H18N6S/c1-3-4-10-11(17-13)14-7-15-12(10)18(2)5-9-6-19-8-16-9/h6-8H,3-5,13H2,1-2H3,(H,14,15,17). The molecule has 2 rings (SSSR count). The zero-order valence-electron chi connectivity index (χ0n) is 11.1. The molecule has 0 aliphatic rings. The number of nitrogens with two attached hydrogens (primary N) is 1.